The zero-order valence-corrected chi connectivity index (χ0v) is 12.7. The molecule has 0 saturated heterocycles. The van der Waals surface area contributed by atoms with E-state index in [-0.39, 0.29) is 0 Å². The molecule has 1 heterocycles. The molecule has 0 bridgehead atoms. The number of pyridine rings is 1. The minimum atomic E-state index is -3.00. The zero-order valence-electron chi connectivity index (χ0n) is 9.43. The van der Waals surface area contributed by atoms with Crippen molar-refractivity contribution in [1.29, 1.82) is 0 Å². The van der Waals surface area contributed by atoms with Gasteiger partial charge in [0.25, 0.3) is 0 Å². The molecule has 0 aliphatic heterocycles. The third kappa shape index (κ3) is 3.62. The predicted octanol–water partition coefficient (Wildman–Crippen LogP) is 4.24. The van der Waals surface area contributed by atoms with Crippen molar-refractivity contribution in [3.8, 4) is 0 Å². The van der Waals surface area contributed by atoms with Gasteiger partial charge >= 0.3 is 6.16 Å². The third-order valence-electron chi connectivity index (χ3n) is 2.42. The van der Waals surface area contributed by atoms with Crippen molar-refractivity contribution in [1.82, 2.24) is 4.98 Å². The molecule has 0 fully saturated rings. The lowest BCUT2D eigenvalue weighted by atomic mass is 10.3. The number of rotatable bonds is 4. The fraction of sp³-hybridized carbons (Fsp3) is 0.0833. The molecule has 18 heavy (non-hydrogen) atoms. The molecule has 0 amide bonds. The minimum Gasteiger partial charge on any atom is -0.356 e. The van der Waals surface area contributed by atoms with E-state index >= 15 is 0 Å². The van der Waals surface area contributed by atoms with E-state index in [4.69, 9.17) is 33.2 Å². The summed E-state index contributed by atoms with van der Waals surface area (Å²) in [6.45, 7) is 0.494. The second kappa shape index (κ2) is 5.93. The highest BCUT2D eigenvalue weighted by Crippen LogP contribution is 2.31. The molecule has 6 heteroatoms. The molecular weight excluding hydrogens is 307 g/mol. The summed E-state index contributed by atoms with van der Waals surface area (Å²) in [7, 11) is 0. The van der Waals surface area contributed by atoms with Crippen molar-refractivity contribution in [2.45, 2.75) is 6.54 Å². The van der Waals surface area contributed by atoms with Crippen molar-refractivity contribution in [2.24, 2.45) is 0 Å². The molecular formula is C12H11Cl3N2Si. The maximum Gasteiger partial charge on any atom is 0.455 e. The molecule has 0 unspecified atom stereocenters. The first-order chi connectivity index (χ1) is 8.57. The second-order valence-electron chi connectivity index (χ2n) is 3.71. The van der Waals surface area contributed by atoms with Crippen molar-refractivity contribution in [2.75, 3.05) is 4.57 Å². The molecule has 0 spiro atoms. The van der Waals surface area contributed by atoms with Gasteiger partial charge in [0.2, 0.25) is 0 Å². The monoisotopic (exact) mass is 316 g/mol. The Labute approximate surface area is 121 Å². The van der Waals surface area contributed by atoms with Gasteiger partial charge in [-0.15, -0.1) is 33.2 Å². The maximum atomic E-state index is 6.15. The smallest absolute Gasteiger partial charge is 0.356 e. The molecule has 0 radical (unpaired) electrons. The van der Waals surface area contributed by atoms with E-state index in [9.17, 15) is 0 Å². The third-order valence-corrected chi connectivity index (χ3v) is 5.28. The predicted molar refractivity (Wildman–Crippen MR) is 80.2 cm³/mol. The highest BCUT2D eigenvalue weighted by Gasteiger charge is 2.35. The summed E-state index contributed by atoms with van der Waals surface area (Å²) in [5, 5.41) is 0. The van der Waals surface area contributed by atoms with E-state index in [0.717, 1.165) is 11.4 Å². The Morgan fingerprint density at radius 2 is 1.61 bits per heavy atom. The van der Waals surface area contributed by atoms with Gasteiger partial charge in [0, 0.05) is 11.9 Å². The number of para-hydroxylation sites is 1. The summed E-state index contributed by atoms with van der Waals surface area (Å²) in [6.07, 6.45) is -1.27. The summed E-state index contributed by atoms with van der Waals surface area (Å²) in [5.41, 5.74) is 1.77. The Hall–Kier alpha value is -0.743. The van der Waals surface area contributed by atoms with E-state index < -0.39 is 6.16 Å². The fourth-order valence-corrected chi connectivity index (χ4v) is 3.79. The molecule has 1 aromatic heterocycles. The lowest BCUT2D eigenvalue weighted by Gasteiger charge is -2.29. The van der Waals surface area contributed by atoms with Gasteiger partial charge in [-0.25, -0.2) is 0 Å². The first kappa shape index (κ1) is 13.7. The van der Waals surface area contributed by atoms with Gasteiger partial charge in [0.1, 0.15) is 0 Å². The van der Waals surface area contributed by atoms with Gasteiger partial charge in [-0.2, -0.15) is 0 Å². The first-order valence-electron chi connectivity index (χ1n) is 5.37. The van der Waals surface area contributed by atoms with Gasteiger partial charge in [-0.3, -0.25) is 4.98 Å². The maximum absolute atomic E-state index is 6.15. The number of halogens is 3. The largest absolute Gasteiger partial charge is 0.455 e. The van der Waals surface area contributed by atoms with E-state index in [2.05, 4.69) is 4.98 Å². The minimum absolute atomic E-state index is 0.494. The quantitative estimate of drug-likeness (QED) is 0.619. The van der Waals surface area contributed by atoms with Crippen LogP contribution in [0.4, 0.5) is 5.69 Å². The van der Waals surface area contributed by atoms with E-state index in [1.54, 1.807) is 10.8 Å². The lowest BCUT2D eigenvalue weighted by molar-refractivity contribution is 0.969. The van der Waals surface area contributed by atoms with Gasteiger partial charge < -0.3 is 4.57 Å². The van der Waals surface area contributed by atoms with Crippen molar-refractivity contribution in [3.63, 3.8) is 0 Å². The van der Waals surface area contributed by atoms with Gasteiger partial charge in [0.15, 0.2) is 0 Å². The molecule has 94 valence electrons. The Morgan fingerprint density at radius 1 is 0.944 bits per heavy atom. The second-order valence-corrected chi connectivity index (χ2v) is 11.9. The molecule has 2 nitrogen and oxygen atoms in total. The number of hydrogen-bond donors (Lipinski definition) is 0. The highest BCUT2D eigenvalue weighted by molar-refractivity contribution is 7.65. The summed E-state index contributed by atoms with van der Waals surface area (Å²) >= 11 is 18.5. The summed E-state index contributed by atoms with van der Waals surface area (Å²) in [4.78, 5) is 4.26. The fourth-order valence-electron chi connectivity index (χ4n) is 1.59. The number of nitrogens with zero attached hydrogens (tertiary/aromatic N) is 2. The van der Waals surface area contributed by atoms with Crippen LogP contribution in [0.1, 0.15) is 5.69 Å². The van der Waals surface area contributed by atoms with Crippen molar-refractivity contribution >= 4 is 45.1 Å². The average molecular weight is 318 g/mol. The zero-order chi connectivity index (χ0) is 13.0. The van der Waals surface area contributed by atoms with Gasteiger partial charge in [0.05, 0.1) is 12.2 Å². The molecule has 2 rings (SSSR count). The van der Waals surface area contributed by atoms with Crippen LogP contribution in [0.2, 0.25) is 0 Å². The van der Waals surface area contributed by atoms with Crippen LogP contribution in [0.3, 0.4) is 0 Å². The lowest BCUT2D eigenvalue weighted by Crippen LogP contribution is -2.40. The topological polar surface area (TPSA) is 16.1 Å². The molecule has 0 saturated carbocycles. The first-order valence-corrected chi connectivity index (χ1v) is 10.3. The number of anilines is 1. The Morgan fingerprint density at radius 3 is 2.17 bits per heavy atom. The van der Waals surface area contributed by atoms with Gasteiger partial charge in [-0.1, -0.05) is 24.3 Å². The van der Waals surface area contributed by atoms with Crippen LogP contribution in [-0.4, -0.2) is 11.1 Å². The van der Waals surface area contributed by atoms with E-state index in [0.29, 0.717) is 6.54 Å². The Bertz CT molecular complexity index is 488. The molecule has 1 aromatic carbocycles. The number of aromatic nitrogens is 1. The van der Waals surface area contributed by atoms with Crippen molar-refractivity contribution in [3.05, 3.63) is 60.4 Å². The van der Waals surface area contributed by atoms with Crippen LogP contribution in [0.15, 0.2) is 54.7 Å². The van der Waals surface area contributed by atoms with Gasteiger partial charge in [-0.05, 0) is 24.3 Å². The standard InChI is InChI=1S/C12H11Cl3N2Si/c13-18(14,15)17(12-7-2-1-3-8-12)10-11-6-4-5-9-16-11/h1-9H,10H2. The Kier molecular flexibility index (Phi) is 4.51. The van der Waals surface area contributed by atoms with Crippen LogP contribution >= 0.6 is 33.2 Å². The number of hydrogen-bond acceptors (Lipinski definition) is 2. The van der Waals surface area contributed by atoms with E-state index in [1.807, 2.05) is 48.5 Å². The molecule has 2 aromatic rings. The molecule has 0 aliphatic rings. The summed E-state index contributed by atoms with van der Waals surface area (Å²) < 4.78 is 1.81. The number of benzene rings is 1. The molecule has 0 atom stereocenters. The van der Waals surface area contributed by atoms with Crippen LogP contribution in [0.5, 0.6) is 0 Å². The van der Waals surface area contributed by atoms with Crippen LogP contribution in [0.25, 0.3) is 0 Å². The summed E-state index contributed by atoms with van der Waals surface area (Å²) in [5.74, 6) is 0. The van der Waals surface area contributed by atoms with Crippen LogP contribution in [0, 0.1) is 0 Å². The molecule has 0 N–H and O–H groups in total. The molecule has 0 aliphatic carbocycles. The van der Waals surface area contributed by atoms with Crippen LogP contribution < -0.4 is 4.57 Å². The SMILES string of the molecule is Cl[Si](Cl)(Cl)N(Cc1ccccn1)c1ccccc1. The summed E-state index contributed by atoms with van der Waals surface area (Å²) in [6, 6.07) is 15.3. The van der Waals surface area contributed by atoms with E-state index in [1.165, 1.54) is 0 Å². The van der Waals surface area contributed by atoms with Crippen LogP contribution in [-0.2, 0) is 6.54 Å². The average Bonchev–Trinajstić information content (AvgIpc) is 2.37. The normalized spacial score (nSPS) is 11.3. The van der Waals surface area contributed by atoms with Crippen molar-refractivity contribution < 1.29 is 0 Å². The Balaban J connectivity index is 2.28. The highest BCUT2D eigenvalue weighted by atomic mass is 35.8.